The number of carboxylic acid groups (broad SMARTS) is 1. The van der Waals surface area contributed by atoms with Gasteiger partial charge in [-0.1, -0.05) is 0 Å². The van der Waals surface area contributed by atoms with Crippen LogP contribution in [0.5, 0.6) is 0 Å². The van der Waals surface area contributed by atoms with Crippen LogP contribution >= 0.6 is 0 Å². The van der Waals surface area contributed by atoms with Crippen molar-refractivity contribution in [2.45, 2.75) is 6.18 Å². The molecule has 2 heterocycles. The summed E-state index contributed by atoms with van der Waals surface area (Å²) in [7, 11) is 0. The fourth-order valence-corrected chi connectivity index (χ4v) is 1.38. The predicted octanol–water partition coefficient (Wildman–Crippen LogP) is 2.19. The second-order valence-electron chi connectivity index (χ2n) is 3.39. The minimum absolute atomic E-state index is 0.115. The molecule has 5 nitrogen and oxygen atoms in total. The van der Waals surface area contributed by atoms with E-state index in [4.69, 9.17) is 5.11 Å². The van der Waals surface area contributed by atoms with E-state index in [9.17, 15) is 18.0 Å². The van der Waals surface area contributed by atoms with Crippen LogP contribution in [0.2, 0.25) is 0 Å². The van der Waals surface area contributed by atoms with Crippen LogP contribution in [0.3, 0.4) is 0 Å². The third-order valence-corrected chi connectivity index (χ3v) is 2.21. The number of halogens is 3. The molecule has 94 valence electrons. The molecule has 0 fully saturated rings. The lowest BCUT2D eigenvalue weighted by molar-refractivity contribution is -0.141. The Kier molecular flexibility index (Phi) is 2.77. The number of carbonyl (C=O) groups is 1. The Balaban J connectivity index is 2.41. The molecule has 0 unspecified atom stereocenters. The Morgan fingerprint density at radius 2 is 2.00 bits per heavy atom. The highest BCUT2D eigenvalue weighted by Crippen LogP contribution is 2.29. The number of aromatic amines is 1. The molecule has 0 aliphatic rings. The van der Waals surface area contributed by atoms with Crippen LogP contribution in [0.1, 0.15) is 16.1 Å². The van der Waals surface area contributed by atoms with Crippen molar-refractivity contribution in [3.63, 3.8) is 0 Å². The summed E-state index contributed by atoms with van der Waals surface area (Å²) in [6.07, 6.45) is -2.50. The van der Waals surface area contributed by atoms with Gasteiger partial charge < -0.3 is 5.11 Å². The summed E-state index contributed by atoms with van der Waals surface area (Å²) >= 11 is 0. The molecule has 2 aromatic heterocycles. The number of pyridine rings is 1. The molecule has 0 spiro atoms. The average Bonchev–Trinajstić information content (AvgIpc) is 2.77. The van der Waals surface area contributed by atoms with Gasteiger partial charge in [-0.3, -0.25) is 10.1 Å². The second-order valence-corrected chi connectivity index (χ2v) is 3.39. The number of nitrogens with zero attached hydrogens (tertiary/aromatic N) is 2. The molecular formula is C10H6F3N3O2. The van der Waals surface area contributed by atoms with Gasteiger partial charge in [0.2, 0.25) is 0 Å². The van der Waals surface area contributed by atoms with Crippen molar-refractivity contribution in [1.82, 2.24) is 15.2 Å². The number of aromatic nitrogens is 3. The van der Waals surface area contributed by atoms with Gasteiger partial charge in [-0.25, -0.2) is 4.79 Å². The largest absolute Gasteiger partial charge is 0.478 e. The predicted molar refractivity (Wildman–Crippen MR) is 53.8 cm³/mol. The molecule has 0 amide bonds. The summed E-state index contributed by atoms with van der Waals surface area (Å²) in [4.78, 5) is 14.1. The summed E-state index contributed by atoms with van der Waals surface area (Å²) in [5.74, 6) is -1.22. The SMILES string of the molecule is O=C(O)c1cn[nH]c1-c1ccc(C(F)(F)F)nc1. The maximum absolute atomic E-state index is 12.3. The zero-order chi connectivity index (χ0) is 13.3. The number of hydrogen-bond acceptors (Lipinski definition) is 3. The number of hydrogen-bond donors (Lipinski definition) is 2. The van der Waals surface area contributed by atoms with Crippen molar-refractivity contribution in [2.75, 3.05) is 0 Å². The Morgan fingerprint density at radius 1 is 1.28 bits per heavy atom. The number of aromatic carboxylic acids is 1. The number of alkyl halides is 3. The van der Waals surface area contributed by atoms with Crippen LogP contribution < -0.4 is 0 Å². The van der Waals surface area contributed by atoms with E-state index in [1.54, 1.807) is 0 Å². The monoisotopic (exact) mass is 257 g/mol. The van der Waals surface area contributed by atoms with Gasteiger partial charge >= 0.3 is 12.1 Å². The van der Waals surface area contributed by atoms with Gasteiger partial charge in [-0.05, 0) is 12.1 Å². The van der Waals surface area contributed by atoms with Gasteiger partial charge in [0.25, 0.3) is 0 Å². The third kappa shape index (κ3) is 2.17. The summed E-state index contributed by atoms with van der Waals surface area (Å²) in [6.45, 7) is 0. The van der Waals surface area contributed by atoms with Crippen molar-refractivity contribution >= 4 is 5.97 Å². The number of nitrogens with one attached hydrogen (secondary N) is 1. The lowest BCUT2D eigenvalue weighted by Crippen LogP contribution is -2.07. The second kappa shape index (κ2) is 4.13. The number of carboxylic acids is 1. The van der Waals surface area contributed by atoms with Crippen LogP contribution in [-0.2, 0) is 6.18 Å². The molecule has 18 heavy (non-hydrogen) atoms. The Morgan fingerprint density at radius 3 is 2.50 bits per heavy atom. The maximum atomic E-state index is 12.3. The van der Waals surface area contributed by atoms with Gasteiger partial charge in [0.1, 0.15) is 11.3 Å². The summed E-state index contributed by atoms with van der Waals surface area (Å²) in [5, 5.41) is 14.8. The first-order valence-corrected chi connectivity index (χ1v) is 4.70. The van der Waals surface area contributed by atoms with E-state index >= 15 is 0 Å². The molecule has 0 atom stereocenters. The molecular weight excluding hydrogens is 251 g/mol. The number of H-pyrrole nitrogens is 1. The molecule has 0 aliphatic heterocycles. The van der Waals surface area contributed by atoms with Gasteiger partial charge in [0.05, 0.1) is 11.9 Å². The van der Waals surface area contributed by atoms with Gasteiger partial charge in [-0.15, -0.1) is 0 Å². The van der Waals surface area contributed by atoms with Crippen LogP contribution in [-0.4, -0.2) is 26.3 Å². The lowest BCUT2D eigenvalue weighted by Gasteiger charge is -2.06. The average molecular weight is 257 g/mol. The highest BCUT2D eigenvalue weighted by molar-refractivity contribution is 5.94. The van der Waals surface area contributed by atoms with E-state index in [-0.39, 0.29) is 16.8 Å². The molecule has 0 saturated carbocycles. The van der Waals surface area contributed by atoms with Crippen molar-refractivity contribution in [1.29, 1.82) is 0 Å². The first kappa shape index (κ1) is 12.1. The molecule has 8 heteroatoms. The van der Waals surface area contributed by atoms with Crippen LogP contribution in [0.4, 0.5) is 13.2 Å². The van der Waals surface area contributed by atoms with Crippen LogP contribution in [0.25, 0.3) is 11.3 Å². The van der Waals surface area contributed by atoms with Crippen molar-refractivity contribution in [3.05, 3.63) is 35.8 Å². The van der Waals surface area contributed by atoms with Gasteiger partial charge in [-0.2, -0.15) is 18.3 Å². The fourth-order valence-electron chi connectivity index (χ4n) is 1.38. The smallest absolute Gasteiger partial charge is 0.433 e. The highest BCUT2D eigenvalue weighted by Gasteiger charge is 2.32. The van der Waals surface area contributed by atoms with E-state index in [0.29, 0.717) is 0 Å². The van der Waals surface area contributed by atoms with Gasteiger partial charge in [0, 0.05) is 11.8 Å². The molecule has 0 aromatic carbocycles. The zero-order valence-corrected chi connectivity index (χ0v) is 8.69. The van der Waals surface area contributed by atoms with E-state index < -0.39 is 17.8 Å². The molecule has 0 bridgehead atoms. The molecule has 2 aromatic rings. The Labute approximate surface area is 98.3 Å². The van der Waals surface area contributed by atoms with Crippen molar-refractivity contribution in [3.8, 4) is 11.3 Å². The lowest BCUT2D eigenvalue weighted by atomic mass is 10.1. The van der Waals surface area contributed by atoms with Crippen molar-refractivity contribution in [2.24, 2.45) is 0 Å². The first-order chi connectivity index (χ1) is 8.39. The molecule has 0 radical (unpaired) electrons. The fraction of sp³-hybridized carbons (Fsp3) is 0.100. The number of rotatable bonds is 2. The normalized spacial score (nSPS) is 11.5. The topological polar surface area (TPSA) is 78.9 Å². The Hall–Kier alpha value is -2.38. The maximum Gasteiger partial charge on any atom is 0.433 e. The van der Waals surface area contributed by atoms with Gasteiger partial charge in [0.15, 0.2) is 0 Å². The summed E-state index contributed by atoms with van der Waals surface area (Å²) in [5.41, 5.74) is -0.833. The minimum Gasteiger partial charge on any atom is -0.478 e. The molecule has 2 N–H and O–H groups in total. The zero-order valence-electron chi connectivity index (χ0n) is 8.69. The van der Waals surface area contributed by atoms with E-state index in [1.165, 1.54) is 0 Å². The molecule has 0 aliphatic carbocycles. The van der Waals surface area contributed by atoms with E-state index in [2.05, 4.69) is 15.2 Å². The first-order valence-electron chi connectivity index (χ1n) is 4.70. The van der Waals surface area contributed by atoms with E-state index in [1.807, 2.05) is 0 Å². The summed E-state index contributed by atoms with van der Waals surface area (Å²) in [6, 6.07) is 1.91. The highest BCUT2D eigenvalue weighted by atomic mass is 19.4. The quantitative estimate of drug-likeness (QED) is 0.864. The third-order valence-electron chi connectivity index (χ3n) is 2.21. The van der Waals surface area contributed by atoms with E-state index in [0.717, 1.165) is 24.5 Å². The summed E-state index contributed by atoms with van der Waals surface area (Å²) < 4.78 is 36.9. The molecule has 0 saturated heterocycles. The van der Waals surface area contributed by atoms with Crippen molar-refractivity contribution < 1.29 is 23.1 Å². The standard InChI is InChI=1S/C10H6F3N3O2/c11-10(12,13)7-2-1-5(3-14-7)8-6(9(17)18)4-15-16-8/h1-4H,(H,15,16)(H,17,18). The molecule has 2 rings (SSSR count). The minimum atomic E-state index is -4.53. The van der Waals surface area contributed by atoms with Crippen LogP contribution in [0, 0.1) is 0 Å². The Bertz CT molecular complexity index is 575. The van der Waals surface area contributed by atoms with Crippen LogP contribution in [0.15, 0.2) is 24.5 Å².